The zero-order chi connectivity index (χ0) is 23.1. The molecule has 0 bridgehead atoms. The van der Waals surface area contributed by atoms with E-state index in [4.69, 9.17) is 0 Å². The highest BCUT2D eigenvalue weighted by atomic mass is 32.2. The van der Waals surface area contributed by atoms with Crippen LogP contribution in [0.1, 0.15) is 51.9 Å². The normalized spacial score (nSPS) is 15.5. The van der Waals surface area contributed by atoms with Crippen LogP contribution in [-0.2, 0) is 4.79 Å². The Morgan fingerprint density at radius 3 is 2.44 bits per heavy atom. The van der Waals surface area contributed by atoms with Gasteiger partial charge in [-0.2, -0.15) is 0 Å². The molecular weight excluding hydrogens is 431 g/mol. The van der Waals surface area contributed by atoms with Gasteiger partial charge in [0.2, 0.25) is 5.91 Å². The van der Waals surface area contributed by atoms with Crippen LogP contribution in [0.15, 0.2) is 29.4 Å². The minimum absolute atomic E-state index is 0.00647. The molecular formula is C22H31FN6O2S. The summed E-state index contributed by atoms with van der Waals surface area (Å²) in [5.41, 5.74) is 0.729. The van der Waals surface area contributed by atoms with Crippen LogP contribution < -0.4 is 10.6 Å². The highest BCUT2D eigenvalue weighted by molar-refractivity contribution is 7.99. The number of urea groups is 1. The number of halogens is 1. The summed E-state index contributed by atoms with van der Waals surface area (Å²) in [7, 11) is 0. The number of imide groups is 1. The summed E-state index contributed by atoms with van der Waals surface area (Å²) in [4.78, 5) is 26.4. The number of nitrogens with one attached hydrogen (secondary N) is 2. The number of aromatic nitrogens is 3. The largest absolute Gasteiger partial charge is 0.338 e. The van der Waals surface area contributed by atoms with E-state index in [9.17, 15) is 14.0 Å². The molecule has 3 amide bonds. The lowest BCUT2D eigenvalue weighted by Crippen LogP contribution is -2.41. The fourth-order valence-corrected chi connectivity index (χ4v) is 4.34. The fraction of sp³-hybridized carbons (Fsp3) is 0.545. The summed E-state index contributed by atoms with van der Waals surface area (Å²) >= 11 is 1.19. The van der Waals surface area contributed by atoms with E-state index in [-0.39, 0.29) is 17.6 Å². The van der Waals surface area contributed by atoms with E-state index in [1.165, 1.54) is 30.3 Å². The molecule has 1 aliphatic rings. The Bertz CT molecular complexity index is 912. The number of hydrogen-bond acceptors (Lipinski definition) is 6. The van der Waals surface area contributed by atoms with E-state index in [1.807, 2.05) is 18.4 Å². The number of hydrogen-bond donors (Lipinski definition) is 2. The van der Waals surface area contributed by atoms with Crippen molar-refractivity contribution in [1.29, 1.82) is 0 Å². The Hall–Kier alpha value is -2.46. The van der Waals surface area contributed by atoms with Gasteiger partial charge in [0.05, 0.1) is 11.8 Å². The molecule has 2 N–H and O–H groups in total. The van der Waals surface area contributed by atoms with Crippen molar-refractivity contribution in [2.24, 2.45) is 5.92 Å². The fourth-order valence-electron chi connectivity index (χ4n) is 3.58. The van der Waals surface area contributed by atoms with Crippen molar-refractivity contribution in [2.45, 2.75) is 51.2 Å². The van der Waals surface area contributed by atoms with Crippen LogP contribution in [0.4, 0.5) is 9.18 Å². The van der Waals surface area contributed by atoms with Gasteiger partial charge in [-0.1, -0.05) is 32.0 Å². The lowest BCUT2D eigenvalue weighted by Gasteiger charge is -2.31. The zero-order valence-electron chi connectivity index (χ0n) is 18.8. The number of carbonyl (C=O) groups is 2. The van der Waals surface area contributed by atoms with E-state index in [0.717, 1.165) is 37.4 Å². The number of piperidine rings is 1. The first-order valence-corrected chi connectivity index (χ1v) is 12.0. The third-order valence-electron chi connectivity index (χ3n) is 5.31. The highest BCUT2D eigenvalue weighted by Crippen LogP contribution is 2.29. The molecule has 1 saturated heterocycles. The first-order chi connectivity index (χ1) is 15.3. The predicted octanol–water partition coefficient (Wildman–Crippen LogP) is 3.53. The summed E-state index contributed by atoms with van der Waals surface area (Å²) in [6.07, 6.45) is 3.53. The molecule has 1 aromatic heterocycles. The lowest BCUT2D eigenvalue weighted by molar-refractivity contribution is -0.117. The molecule has 1 unspecified atom stereocenters. The molecule has 32 heavy (non-hydrogen) atoms. The monoisotopic (exact) mass is 462 g/mol. The van der Waals surface area contributed by atoms with Gasteiger partial charge >= 0.3 is 6.03 Å². The minimum Gasteiger partial charge on any atom is -0.338 e. The van der Waals surface area contributed by atoms with E-state index in [2.05, 4.69) is 32.7 Å². The lowest BCUT2D eigenvalue weighted by atomic mass is 10.1. The number of benzene rings is 1. The molecule has 2 heterocycles. The van der Waals surface area contributed by atoms with Crippen LogP contribution in [0.5, 0.6) is 0 Å². The van der Waals surface area contributed by atoms with Gasteiger partial charge in [-0.15, -0.1) is 10.2 Å². The second kappa shape index (κ2) is 11.4. The standard InChI is InChI=1S/C22H31FN6O2S/c1-15(2)13-24-21(31)25-19(30)14-32-22-27-26-20(16(3)28-11-5-4-6-12-28)29(22)18-9-7-17(23)8-10-18/h7-10,15-16H,4-6,11-14H2,1-3H3,(H2,24,25,30,31). The van der Waals surface area contributed by atoms with Gasteiger partial charge in [-0.05, 0) is 63.0 Å². The highest BCUT2D eigenvalue weighted by Gasteiger charge is 2.26. The minimum atomic E-state index is -0.510. The topological polar surface area (TPSA) is 92.2 Å². The van der Waals surface area contributed by atoms with Crippen LogP contribution in [0.3, 0.4) is 0 Å². The quantitative estimate of drug-likeness (QED) is 0.583. The van der Waals surface area contributed by atoms with Crippen LogP contribution in [0, 0.1) is 11.7 Å². The van der Waals surface area contributed by atoms with Crippen LogP contribution in [0.2, 0.25) is 0 Å². The number of amides is 3. The van der Waals surface area contributed by atoms with E-state index in [0.29, 0.717) is 17.6 Å². The molecule has 1 aliphatic heterocycles. The molecule has 174 valence electrons. The SMILES string of the molecule is CC(C)CNC(=O)NC(=O)CSc1nnc(C(C)N2CCCCC2)n1-c1ccc(F)cc1. The number of carbonyl (C=O) groups excluding carboxylic acids is 2. The number of nitrogens with zero attached hydrogens (tertiary/aromatic N) is 4. The predicted molar refractivity (Wildman–Crippen MR) is 122 cm³/mol. The van der Waals surface area contributed by atoms with Crippen molar-refractivity contribution in [3.63, 3.8) is 0 Å². The summed E-state index contributed by atoms with van der Waals surface area (Å²) < 4.78 is 15.4. The molecule has 8 nitrogen and oxygen atoms in total. The Labute approximate surface area is 192 Å². The smallest absolute Gasteiger partial charge is 0.321 e. The average molecular weight is 463 g/mol. The molecule has 1 fully saturated rings. The van der Waals surface area contributed by atoms with Crippen molar-refractivity contribution in [2.75, 3.05) is 25.4 Å². The number of thioether (sulfide) groups is 1. The van der Waals surface area contributed by atoms with Gasteiger partial charge in [-0.25, -0.2) is 9.18 Å². The second-order valence-electron chi connectivity index (χ2n) is 8.37. The zero-order valence-corrected chi connectivity index (χ0v) is 19.6. The van der Waals surface area contributed by atoms with Gasteiger partial charge in [0.25, 0.3) is 0 Å². The molecule has 10 heteroatoms. The maximum absolute atomic E-state index is 13.5. The summed E-state index contributed by atoms with van der Waals surface area (Å²) in [5.74, 6) is 0.298. The molecule has 2 aromatic rings. The van der Waals surface area contributed by atoms with Crippen molar-refractivity contribution < 1.29 is 14.0 Å². The van der Waals surface area contributed by atoms with Crippen molar-refractivity contribution in [3.8, 4) is 5.69 Å². The summed E-state index contributed by atoms with van der Waals surface area (Å²) in [6, 6.07) is 5.65. The van der Waals surface area contributed by atoms with Crippen molar-refractivity contribution in [3.05, 3.63) is 35.9 Å². The molecule has 3 rings (SSSR count). The van der Waals surface area contributed by atoms with Crippen molar-refractivity contribution in [1.82, 2.24) is 30.3 Å². The molecule has 0 saturated carbocycles. The Balaban J connectivity index is 1.75. The maximum Gasteiger partial charge on any atom is 0.321 e. The summed E-state index contributed by atoms with van der Waals surface area (Å²) in [5, 5.41) is 14.2. The Morgan fingerprint density at radius 1 is 1.09 bits per heavy atom. The van der Waals surface area contributed by atoms with Gasteiger partial charge in [0.15, 0.2) is 11.0 Å². The van der Waals surface area contributed by atoms with Gasteiger partial charge in [0, 0.05) is 12.2 Å². The average Bonchev–Trinajstić information content (AvgIpc) is 3.21. The molecule has 1 aromatic carbocycles. The molecule has 0 spiro atoms. The van der Waals surface area contributed by atoms with Gasteiger partial charge in [-0.3, -0.25) is 19.6 Å². The molecule has 0 aliphatic carbocycles. The first kappa shape index (κ1) is 24.2. The number of rotatable bonds is 8. The third-order valence-corrected chi connectivity index (χ3v) is 6.24. The van der Waals surface area contributed by atoms with Crippen LogP contribution in [-0.4, -0.2) is 57.0 Å². The van der Waals surface area contributed by atoms with E-state index in [1.54, 1.807) is 12.1 Å². The molecule has 1 atom stereocenters. The maximum atomic E-state index is 13.5. The van der Waals surface area contributed by atoms with Crippen molar-refractivity contribution >= 4 is 23.7 Å². The van der Waals surface area contributed by atoms with Crippen LogP contribution >= 0.6 is 11.8 Å². The van der Waals surface area contributed by atoms with E-state index < -0.39 is 11.9 Å². The number of likely N-dealkylation sites (tertiary alicyclic amines) is 1. The third kappa shape index (κ3) is 6.52. The Kier molecular flexibility index (Phi) is 8.63. The molecule has 0 radical (unpaired) electrons. The first-order valence-electron chi connectivity index (χ1n) is 11.0. The Morgan fingerprint density at radius 2 is 1.78 bits per heavy atom. The summed E-state index contributed by atoms with van der Waals surface area (Å²) in [6.45, 7) is 8.52. The van der Waals surface area contributed by atoms with Gasteiger partial charge < -0.3 is 5.32 Å². The van der Waals surface area contributed by atoms with Gasteiger partial charge in [0.1, 0.15) is 5.82 Å². The van der Waals surface area contributed by atoms with E-state index >= 15 is 0 Å². The second-order valence-corrected chi connectivity index (χ2v) is 9.31. The van der Waals surface area contributed by atoms with Crippen LogP contribution in [0.25, 0.3) is 5.69 Å².